The second kappa shape index (κ2) is 8.98. The normalized spacial score (nSPS) is 23.9. The first kappa shape index (κ1) is 23.1. The summed E-state index contributed by atoms with van der Waals surface area (Å²) in [5.41, 5.74) is 1.35. The maximum Gasteiger partial charge on any atom is 0.416 e. The maximum absolute atomic E-state index is 13.4. The van der Waals surface area contributed by atoms with Crippen molar-refractivity contribution >= 4 is 28.3 Å². The van der Waals surface area contributed by atoms with Crippen LogP contribution in [0.25, 0.3) is 10.9 Å². The quantitative estimate of drug-likeness (QED) is 0.521. The molecule has 3 aromatic rings. The molecular weight excluding hydrogens is 465 g/mol. The van der Waals surface area contributed by atoms with Crippen LogP contribution in [0.4, 0.5) is 24.7 Å². The fourth-order valence-corrected chi connectivity index (χ4v) is 6.25. The summed E-state index contributed by atoms with van der Waals surface area (Å²) < 4.78 is 39.5. The van der Waals surface area contributed by atoms with Crippen LogP contribution in [0.2, 0.25) is 0 Å². The number of halogens is 3. The number of nitrogens with zero attached hydrogens (tertiary/aromatic N) is 3. The summed E-state index contributed by atoms with van der Waals surface area (Å²) in [6.07, 6.45) is 0.426. The molecule has 2 heterocycles. The number of alkyl halides is 3. The molecule has 6 rings (SSSR count). The zero-order valence-corrected chi connectivity index (χ0v) is 20.0. The van der Waals surface area contributed by atoms with E-state index in [1.807, 2.05) is 35.2 Å². The van der Waals surface area contributed by atoms with E-state index >= 15 is 0 Å². The van der Waals surface area contributed by atoms with Crippen molar-refractivity contribution in [2.75, 3.05) is 36.0 Å². The van der Waals surface area contributed by atoms with Crippen molar-refractivity contribution in [1.82, 2.24) is 10.3 Å². The van der Waals surface area contributed by atoms with Crippen LogP contribution in [-0.2, 0) is 6.18 Å². The summed E-state index contributed by atoms with van der Waals surface area (Å²) in [7, 11) is 0. The Morgan fingerprint density at radius 3 is 2.42 bits per heavy atom. The van der Waals surface area contributed by atoms with Crippen LogP contribution in [-0.4, -0.2) is 43.1 Å². The van der Waals surface area contributed by atoms with E-state index in [2.05, 4.69) is 10.2 Å². The molecule has 1 N–H and O–H groups in total. The monoisotopic (exact) mass is 494 g/mol. The van der Waals surface area contributed by atoms with E-state index in [4.69, 9.17) is 4.98 Å². The number of benzene rings is 2. The summed E-state index contributed by atoms with van der Waals surface area (Å²) in [5.74, 6) is 2.03. The lowest BCUT2D eigenvalue weighted by Crippen LogP contribution is -2.47. The second-order valence-electron chi connectivity index (χ2n) is 10.3. The van der Waals surface area contributed by atoms with Crippen LogP contribution < -0.4 is 15.1 Å². The van der Waals surface area contributed by atoms with E-state index in [-0.39, 0.29) is 11.9 Å². The minimum Gasteiger partial charge on any atom is -0.368 e. The van der Waals surface area contributed by atoms with Gasteiger partial charge in [-0.15, -0.1) is 0 Å². The van der Waals surface area contributed by atoms with E-state index in [1.165, 1.54) is 31.4 Å². The van der Waals surface area contributed by atoms with Gasteiger partial charge in [0, 0.05) is 43.3 Å². The molecule has 1 amide bonds. The van der Waals surface area contributed by atoms with Gasteiger partial charge < -0.3 is 15.1 Å². The molecule has 188 valence electrons. The molecule has 1 aliphatic heterocycles. The Balaban J connectivity index is 1.21. The first-order valence-electron chi connectivity index (χ1n) is 12.7. The van der Waals surface area contributed by atoms with Gasteiger partial charge in [-0.3, -0.25) is 4.79 Å². The number of fused-ring (bicyclic) bond motifs is 3. The van der Waals surface area contributed by atoms with Gasteiger partial charge in [-0.25, -0.2) is 4.98 Å². The first-order chi connectivity index (χ1) is 17.3. The van der Waals surface area contributed by atoms with Crippen LogP contribution in [0.1, 0.15) is 41.6 Å². The Bertz CT molecular complexity index is 1290. The highest BCUT2D eigenvalue weighted by Crippen LogP contribution is 2.44. The van der Waals surface area contributed by atoms with Gasteiger partial charge >= 0.3 is 6.18 Å². The van der Waals surface area contributed by atoms with Crippen LogP contribution >= 0.6 is 0 Å². The van der Waals surface area contributed by atoms with Gasteiger partial charge in [-0.2, -0.15) is 13.2 Å². The molecule has 2 aromatic carbocycles. The third-order valence-electron chi connectivity index (χ3n) is 8.14. The fourth-order valence-electron chi connectivity index (χ4n) is 6.25. The number of amides is 1. The lowest BCUT2D eigenvalue weighted by atomic mass is 9.95. The van der Waals surface area contributed by atoms with Crippen LogP contribution in [0, 0.1) is 11.8 Å². The van der Waals surface area contributed by atoms with Gasteiger partial charge in [0.15, 0.2) is 0 Å². The Labute approximate surface area is 208 Å². The zero-order chi connectivity index (χ0) is 24.9. The van der Waals surface area contributed by atoms with Crippen molar-refractivity contribution in [3.8, 4) is 0 Å². The van der Waals surface area contributed by atoms with Crippen molar-refractivity contribution in [1.29, 1.82) is 0 Å². The molecule has 2 bridgehead atoms. The third kappa shape index (κ3) is 4.38. The molecule has 0 spiro atoms. The van der Waals surface area contributed by atoms with Crippen molar-refractivity contribution in [3.05, 3.63) is 65.7 Å². The van der Waals surface area contributed by atoms with E-state index < -0.39 is 11.7 Å². The number of aromatic nitrogens is 1. The number of pyridine rings is 1. The summed E-state index contributed by atoms with van der Waals surface area (Å²) >= 11 is 0. The van der Waals surface area contributed by atoms with Crippen molar-refractivity contribution in [3.63, 3.8) is 0 Å². The lowest BCUT2D eigenvalue weighted by molar-refractivity contribution is -0.137. The number of anilines is 2. The van der Waals surface area contributed by atoms with Crippen molar-refractivity contribution in [2.24, 2.45) is 11.8 Å². The molecule has 36 heavy (non-hydrogen) atoms. The van der Waals surface area contributed by atoms with Gasteiger partial charge in [0.2, 0.25) is 0 Å². The summed E-state index contributed by atoms with van der Waals surface area (Å²) in [4.78, 5) is 22.3. The summed E-state index contributed by atoms with van der Waals surface area (Å²) in [6, 6.07) is 15.3. The highest BCUT2D eigenvalue weighted by Gasteiger charge is 2.40. The molecule has 1 saturated heterocycles. The second-order valence-corrected chi connectivity index (χ2v) is 10.3. The number of rotatable bonds is 4. The Kier molecular flexibility index (Phi) is 5.77. The van der Waals surface area contributed by atoms with Gasteiger partial charge in [-0.1, -0.05) is 30.7 Å². The van der Waals surface area contributed by atoms with E-state index in [0.29, 0.717) is 43.3 Å². The Morgan fingerprint density at radius 2 is 1.69 bits per heavy atom. The predicted molar refractivity (Wildman–Crippen MR) is 134 cm³/mol. The van der Waals surface area contributed by atoms with Gasteiger partial charge in [0.25, 0.3) is 5.91 Å². The zero-order valence-electron chi connectivity index (χ0n) is 20.0. The minimum atomic E-state index is -4.36. The molecular formula is C28H29F3N4O. The first-order valence-corrected chi connectivity index (χ1v) is 12.7. The minimum absolute atomic E-state index is 0.0463. The van der Waals surface area contributed by atoms with E-state index in [9.17, 15) is 18.0 Å². The van der Waals surface area contributed by atoms with E-state index in [0.717, 1.165) is 35.1 Å². The number of hydrogen-bond acceptors (Lipinski definition) is 4. The third-order valence-corrected chi connectivity index (χ3v) is 8.14. The molecule has 3 fully saturated rings. The number of hydrogen-bond donors (Lipinski definition) is 1. The van der Waals surface area contributed by atoms with E-state index in [1.54, 1.807) is 6.07 Å². The van der Waals surface area contributed by atoms with Crippen LogP contribution in [0.3, 0.4) is 0 Å². The number of carbonyl (C=O) groups excluding carboxylic acids is 1. The van der Waals surface area contributed by atoms with Crippen LogP contribution in [0.5, 0.6) is 0 Å². The highest BCUT2D eigenvalue weighted by molar-refractivity contribution is 6.07. The Morgan fingerprint density at radius 1 is 0.917 bits per heavy atom. The van der Waals surface area contributed by atoms with Gasteiger partial charge in [0.1, 0.15) is 5.82 Å². The highest BCUT2D eigenvalue weighted by atomic mass is 19.4. The SMILES string of the molecule is O=C(NC1C[C@H]2CC[C@@H]1C2)c1cc(N2CCN(c3cccc(C(F)(F)F)c3)CC2)nc2ccccc12. The molecule has 0 radical (unpaired) electrons. The average molecular weight is 495 g/mol. The van der Waals surface area contributed by atoms with Crippen LogP contribution in [0.15, 0.2) is 54.6 Å². The number of nitrogens with one attached hydrogen (secondary N) is 1. The summed E-state index contributed by atoms with van der Waals surface area (Å²) in [5, 5.41) is 4.15. The molecule has 1 unspecified atom stereocenters. The smallest absolute Gasteiger partial charge is 0.368 e. The molecule has 3 aliphatic rings. The average Bonchev–Trinajstić information content (AvgIpc) is 3.51. The fraction of sp³-hybridized carbons (Fsp3) is 0.429. The molecule has 3 atom stereocenters. The molecule has 8 heteroatoms. The number of piperazine rings is 1. The topological polar surface area (TPSA) is 48.5 Å². The molecule has 2 aliphatic carbocycles. The van der Waals surface area contributed by atoms with Gasteiger partial charge in [0.05, 0.1) is 16.6 Å². The van der Waals surface area contributed by atoms with Gasteiger partial charge in [-0.05, 0) is 61.4 Å². The maximum atomic E-state index is 13.4. The Hall–Kier alpha value is -3.29. The molecule has 1 aromatic heterocycles. The lowest BCUT2D eigenvalue weighted by Gasteiger charge is -2.37. The number of carbonyl (C=O) groups is 1. The number of para-hydroxylation sites is 1. The van der Waals surface area contributed by atoms with Crippen molar-refractivity contribution in [2.45, 2.75) is 37.9 Å². The summed E-state index contributed by atoms with van der Waals surface area (Å²) in [6.45, 7) is 2.36. The molecule has 5 nitrogen and oxygen atoms in total. The standard InChI is InChI=1S/C28H29F3N4O/c29-28(30,31)20-4-3-5-21(16-20)34-10-12-35(13-11-34)26-17-23(22-6-1-2-7-24(22)32-26)27(36)33-25-15-18-8-9-19(25)14-18/h1-7,16-19,25H,8-15H2,(H,33,36)/t18-,19+,25?/m0/s1. The largest absolute Gasteiger partial charge is 0.416 e. The predicted octanol–water partition coefficient (Wildman–Crippen LogP) is 5.50. The van der Waals surface area contributed by atoms with Crippen molar-refractivity contribution < 1.29 is 18.0 Å². The molecule has 2 saturated carbocycles.